The number of carbonyl (C=O) groups is 3. The summed E-state index contributed by atoms with van der Waals surface area (Å²) >= 11 is 0. The van der Waals surface area contributed by atoms with Gasteiger partial charge >= 0.3 is 5.97 Å². The normalized spacial score (nSPS) is 20.0. The van der Waals surface area contributed by atoms with Crippen LogP contribution in [0.2, 0.25) is 0 Å². The summed E-state index contributed by atoms with van der Waals surface area (Å²) in [7, 11) is 3.87. The number of benzene rings is 1. The molecule has 0 saturated carbocycles. The Morgan fingerprint density at radius 3 is 2.93 bits per heavy atom. The molecule has 1 aromatic rings. The molecule has 2 atom stereocenters. The molecule has 0 unspecified atom stereocenters. The molecule has 0 radical (unpaired) electrons. The van der Waals surface area contributed by atoms with Gasteiger partial charge in [-0.2, -0.15) is 0 Å². The van der Waals surface area contributed by atoms with Crippen molar-refractivity contribution in [3.63, 3.8) is 0 Å². The second-order valence-electron chi connectivity index (χ2n) is 6.70. The second-order valence-corrected chi connectivity index (χ2v) is 9.48. The lowest BCUT2D eigenvalue weighted by molar-refractivity contribution is -0.154. The van der Waals surface area contributed by atoms with Crippen molar-refractivity contribution in [3.05, 3.63) is 24.3 Å². The van der Waals surface area contributed by atoms with Crippen LogP contribution in [0.15, 0.2) is 24.3 Å². The van der Waals surface area contributed by atoms with Crippen molar-refractivity contribution >= 4 is 50.7 Å². The zero-order valence-corrected chi connectivity index (χ0v) is 16.9. The van der Waals surface area contributed by atoms with Gasteiger partial charge in [0.25, 0.3) is 5.91 Å². The summed E-state index contributed by atoms with van der Waals surface area (Å²) in [6, 6.07) is 7.10. The van der Waals surface area contributed by atoms with Crippen LogP contribution in [0.1, 0.15) is 39.0 Å². The topological polar surface area (TPSA) is 75.7 Å². The number of rotatable bonds is 7. The van der Waals surface area contributed by atoms with Crippen LogP contribution in [0.5, 0.6) is 0 Å². The summed E-state index contributed by atoms with van der Waals surface area (Å²) in [4.78, 5) is 38.0. The third kappa shape index (κ3) is 5.42. The Hall–Kier alpha value is -1.67. The highest BCUT2D eigenvalue weighted by Gasteiger charge is 2.31. The molecule has 6 nitrogen and oxygen atoms in total. The number of nitrogens with zero attached hydrogens (tertiary/aromatic N) is 1. The van der Waals surface area contributed by atoms with E-state index in [0.717, 1.165) is 19.3 Å². The average Bonchev–Trinajstić information content (AvgIpc) is 3.17. The molecule has 27 heavy (non-hydrogen) atoms. The minimum Gasteiger partial charge on any atom is -0.453 e. The Balaban J connectivity index is 1.47. The Bertz CT molecular complexity index is 707. The lowest BCUT2D eigenvalue weighted by Crippen LogP contribution is -2.47. The molecule has 1 fully saturated rings. The number of hydrogen-bond donors (Lipinski definition) is 1. The molecule has 2 heterocycles. The van der Waals surface area contributed by atoms with Gasteiger partial charge in [0.15, 0.2) is 6.10 Å². The Labute approximate surface area is 167 Å². The molecule has 0 aromatic heterocycles. The maximum atomic E-state index is 12.7. The molecule has 3 rings (SSSR count). The maximum Gasteiger partial charge on any atom is 0.306 e. The monoisotopic (exact) mass is 408 g/mol. The van der Waals surface area contributed by atoms with E-state index in [2.05, 4.69) is 5.32 Å². The molecule has 2 amide bonds. The fourth-order valence-electron chi connectivity index (χ4n) is 3.16. The Kier molecular flexibility index (Phi) is 7.07. The predicted octanol–water partition coefficient (Wildman–Crippen LogP) is 3.62. The number of nitrogens with one attached hydrogen (secondary N) is 1. The van der Waals surface area contributed by atoms with E-state index >= 15 is 0 Å². The van der Waals surface area contributed by atoms with Gasteiger partial charge in [0.05, 0.1) is 11.4 Å². The summed E-state index contributed by atoms with van der Waals surface area (Å²) in [6.45, 7) is 1.48. The number of anilines is 2. The van der Waals surface area contributed by atoms with E-state index < -0.39 is 6.10 Å². The summed E-state index contributed by atoms with van der Waals surface area (Å²) in [5.41, 5.74) is 1.21. The van der Waals surface area contributed by atoms with Crippen LogP contribution in [-0.4, -0.2) is 41.4 Å². The van der Waals surface area contributed by atoms with Crippen LogP contribution in [0.4, 0.5) is 11.4 Å². The fraction of sp³-hybridized carbons (Fsp3) is 0.526. The third-order valence-corrected chi connectivity index (χ3v) is 7.58. The van der Waals surface area contributed by atoms with Gasteiger partial charge in [-0.3, -0.25) is 19.3 Å². The van der Waals surface area contributed by atoms with E-state index in [1.54, 1.807) is 31.2 Å². The molecule has 1 saturated heterocycles. The molecule has 1 aromatic carbocycles. The quantitative estimate of drug-likeness (QED) is 0.422. The summed E-state index contributed by atoms with van der Waals surface area (Å²) in [5, 5.41) is 3.44. The van der Waals surface area contributed by atoms with Gasteiger partial charge in [-0.25, -0.2) is 0 Å². The van der Waals surface area contributed by atoms with Crippen LogP contribution in [-0.2, 0) is 19.1 Å². The van der Waals surface area contributed by atoms with Crippen molar-refractivity contribution in [2.24, 2.45) is 0 Å². The standard InChI is InChI=1S/C19H24N2O4S2/c1-13(25-18(23)9-5-2-6-14-10-11-26-27-14)19(24)21-12-17(22)20-15-7-3-4-8-16(15)21/h3-4,7-8,13-14H,2,5-6,9-12H2,1H3,(H,20,22)/t13-,14-/m1/s1. The number of amides is 2. The second kappa shape index (κ2) is 9.50. The first-order valence-electron chi connectivity index (χ1n) is 9.22. The number of carbonyl (C=O) groups excluding carboxylic acids is 3. The van der Waals surface area contributed by atoms with Crippen molar-refractivity contribution in [1.82, 2.24) is 0 Å². The molecule has 0 bridgehead atoms. The van der Waals surface area contributed by atoms with Gasteiger partial charge in [0.2, 0.25) is 5.91 Å². The highest BCUT2D eigenvalue weighted by atomic mass is 33.1. The van der Waals surface area contributed by atoms with E-state index in [-0.39, 0.29) is 24.3 Å². The van der Waals surface area contributed by atoms with Gasteiger partial charge < -0.3 is 10.1 Å². The van der Waals surface area contributed by atoms with Gasteiger partial charge in [0, 0.05) is 17.4 Å². The molecule has 8 heteroatoms. The molecule has 1 N–H and O–H groups in total. The van der Waals surface area contributed by atoms with Crippen LogP contribution in [0.25, 0.3) is 0 Å². The van der Waals surface area contributed by atoms with E-state index in [1.807, 2.05) is 21.6 Å². The van der Waals surface area contributed by atoms with Crippen molar-refractivity contribution in [2.45, 2.75) is 50.4 Å². The van der Waals surface area contributed by atoms with E-state index in [9.17, 15) is 14.4 Å². The average molecular weight is 409 g/mol. The van der Waals surface area contributed by atoms with Gasteiger partial charge in [0.1, 0.15) is 6.54 Å². The van der Waals surface area contributed by atoms with Crippen LogP contribution >= 0.6 is 21.6 Å². The highest BCUT2D eigenvalue weighted by molar-refractivity contribution is 8.77. The predicted molar refractivity (Wildman–Crippen MR) is 110 cm³/mol. The fourth-order valence-corrected chi connectivity index (χ4v) is 6.19. The maximum absolute atomic E-state index is 12.7. The molecular weight excluding hydrogens is 384 g/mol. The Morgan fingerprint density at radius 2 is 2.15 bits per heavy atom. The number of fused-ring (bicyclic) bond motifs is 1. The van der Waals surface area contributed by atoms with Gasteiger partial charge in [-0.05, 0) is 38.3 Å². The lowest BCUT2D eigenvalue weighted by atomic mass is 10.1. The van der Waals surface area contributed by atoms with E-state index in [1.165, 1.54) is 17.1 Å². The third-order valence-electron chi connectivity index (χ3n) is 4.58. The minimum atomic E-state index is -0.918. The van der Waals surface area contributed by atoms with Crippen LogP contribution in [0.3, 0.4) is 0 Å². The van der Waals surface area contributed by atoms with Crippen LogP contribution in [0, 0.1) is 0 Å². The Morgan fingerprint density at radius 1 is 1.33 bits per heavy atom. The molecular formula is C19H24N2O4S2. The van der Waals surface area contributed by atoms with Gasteiger partial charge in [-0.15, -0.1) is 0 Å². The minimum absolute atomic E-state index is 0.0746. The molecule has 2 aliphatic heterocycles. The van der Waals surface area contributed by atoms with Gasteiger partial charge in [-0.1, -0.05) is 40.1 Å². The van der Waals surface area contributed by atoms with Crippen molar-refractivity contribution in [3.8, 4) is 0 Å². The molecule has 2 aliphatic rings. The summed E-state index contributed by atoms with van der Waals surface area (Å²) in [6.07, 6.45) is 3.54. The largest absolute Gasteiger partial charge is 0.453 e. The zero-order chi connectivity index (χ0) is 19.2. The van der Waals surface area contributed by atoms with Crippen LogP contribution < -0.4 is 10.2 Å². The van der Waals surface area contributed by atoms with Crippen molar-refractivity contribution < 1.29 is 19.1 Å². The molecule has 0 spiro atoms. The summed E-state index contributed by atoms with van der Waals surface area (Å²) in [5.74, 6) is 0.210. The van der Waals surface area contributed by atoms with E-state index in [0.29, 0.717) is 23.0 Å². The zero-order valence-electron chi connectivity index (χ0n) is 15.3. The lowest BCUT2D eigenvalue weighted by Gasteiger charge is -2.30. The molecule has 146 valence electrons. The number of para-hydroxylation sites is 2. The number of hydrogen-bond acceptors (Lipinski definition) is 6. The highest BCUT2D eigenvalue weighted by Crippen LogP contribution is 2.39. The van der Waals surface area contributed by atoms with Crippen molar-refractivity contribution in [1.29, 1.82) is 0 Å². The van der Waals surface area contributed by atoms with E-state index in [4.69, 9.17) is 4.74 Å². The number of unbranched alkanes of at least 4 members (excludes halogenated alkanes) is 1. The first-order chi connectivity index (χ1) is 13.0. The SMILES string of the molecule is C[C@@H](OC(=O)CCCC[C@@H]1CCSS1)C(=O)N1CC(=O)Nc2ccccc21. The summed E-state index contributed by atoms with van der Waals surface area (Å²) < 4.78 is 5.32. The van der Waals surface area contributed by atoms with Crippen molar-refractivity contribution in [2.75, 3.05) is 22.5 Å². The number of ether oxygens (including phenoxy) is 1. The molecule has 0 aliphatic carbocycles. The smallest absolute Gasteiger partial charge is 0.306 e. The first-order valence-corrected chi connectivity index (χ1v) is 11.6. The first kappa shape index (κ1) is 20.1. The number of esters is 1.